The Bertz CT molecular complexity index is 776. The molecule has 0 radical (unpaired) electrons. The van der Waals surface area contributed by atoms with E-state index in [4.69, 9.17) is 4.74 Å². The Morgan fingerprint density at radius 1 is 1.36 bits per heavy atom. The SMILES string of the molecule is C=CCOc1ccc(C(F)(F)F)cc1C(=O)NCc1ncccc1O. The van der Waals surface area contributed by atoms with Crippen molar-refractivity contribution in [2.75, 3.05) is 6.61 Å². The van der Waals surface area contributed by atoms with Crippen molar-refractivity contribution >= 4 is 5.91 Å². The summed E-state index contributed by atoms with van der Waals surface area (Å²) in [6.07, 6.45) is -1.76. The molecule has 0 aliphatic heterocycles. The Labute approximate surface area is 141 Å². The predicted octanol–water partition coefficient (Wildman–Crippen LogP) is 3.30. The van der Waals surface area contributed by atoms with Gasteiger partial charge in [-0.3, -0.25) is 9.78 Å². The van der Waals surface area contributed by atoms with Gasteiger partial charge in [-0.2, -0.15) is 13.2 Å². The first-order chi connectivity index (χ1) is 11.8. The molecule has 132 valence electrons. The lowest BCUT2D eigenvalue weighted by atomic mass is 10.1. The number of carbonyl (C=O) groups is 1. The minimum atomic E-state index is -4.59. The van der Waals surface area contributed by atoms with Crippen LogP contribution in [0.1, 0.15) is 21.6 Å². The summed E-state index contributed by atoms with van der Waals surface area (Å²) in [6, 6.07) is 5.53. The first-order valence-electron chi connectivity index (χ1n) is 7.19. The van der Waals surface area contributed by atoms with Gasteiger partial charge < -0.3 is 15.2 Å². The van der Waals surface area contributed by atoms with E-state index in [1.54, 1.807) is 0 Å². The smallest absolute Gasteiger partial charge is 0.416 e. The van der Waals surface area contributed by atoms with Crippen LogP contribution in [0.4, 0.5) is 13.2 Å². The van der Waals surface area contributed by atoms with Crippen molar-refractivity contribution in [3.05, 3.63) is 66.0 Å². The summed E-state index contributed by atoms with van der Waals surface area (Å²) in [7, 11) is 0. The lowest BCUT2D eigenvalue weighted by molar-refractivity contribution is -0.137. The lowest BCUT2D eigenvalue weighted by Crippen LogP contribution is -2.24. The van der Waals surface area contributed by atoms with E-state index in [1.807, 2.05) is 0 Å². The number of pyridine rings is 1. The van der Waals surface area contributed by atoms with Gasteiger partial charge in [0.15, 0.2) is 0 Å². The largest absolute Gasteiger partial charge is 0.506 e. The van der Waals surface area contributed by atoms with E-state index in [1.165, 1.54) is 24.4 Å². The summed E-state index contributed by atoms with van der Waals surface area (Å²) < 4.78 is 43.9. The Kier molecular flexibility index (Phi) is 5.63. The normalized spacial score (nSPS) is 11.0. The summed E-state index contributed by atoms with van der Waals surface area (Å²) in [5, 5.41) is 12.0. The first kappa shape index (κ1) is 18.3. The summed E-state index contributed by atoms with van der Waals surface area (Å²) >= 11 is 0. The van der Waals surface area contributed by atoms with Crippen LogP contribution in [0.2, 0.25) is 0 Å². The molecule has 0 atom stereocenters. The lowest BCUT2D eigenvalue weighted by Gasteiger charge is -2.14. The van der Waals surface area contributed by atoms with Crippen LogP contribution in [-0.4, -0.2) is 22.6 Å². The molecule has 2 rings (SSSR count). The van der Waals surface area contributed by atoms with Crippen molar-refractivity contribution < 1.29 is 27.8 Å². The van der Waals surface area contributed by atoms with E-state index in [0.29, 0.717) is 6.07 Å². The highest BCUT2D eigenvalue weighted by atomic mass is 19.4. The average molecular weight is 352 g/mol. The standard InChI is InChI=1S/C17H15F3N2O3/c1-2-8-25-15-6-5-11(17(18,19)20)9-12(15)16(24)22-10-13-14(23)4-3-7-21-13/h2-7,9,23H,1,8,10H2,(H,22,24). The number of amides is 1. The minimum absolute atomic E-state index is 0.00403. The fourth-order valence-corrected chi connectivity index (χ4v) is 1.98. The van der Waals surface area contributed by atoms with Gasteiger partial charge in [-0.25, -0.2) is 0 Å². The third-order valence-corrected chi connectivity index (χ3v) is 3.19. The Hall–Kier alpha value is -3.03. The maximum atomic E-state index is 12.9. The molecule has 0 unspecified atom stereocenters. The van der Waals surface area contributed by atoms with Gasteiger partial charge in [0, 0.05) is 6.20 Å². The van der Waals surface area contributed by atoms with Gasteiger partial charge in [0.05, 0.1) is 17.7 Å². The number of alkyl halides is 3. The monoisotopic (exact) mass is 352 g/mol. The molecule has 0 aliphatic rings. The van der Waals surface area contributed by atoms with Crippen LogP contribution >= 0.6 is 0 Å². The molecule has 2 N–H and O–H groups in total. The van der Waals surface area contributed by atoms with E-state index < -0.39 is 17.6 Å². The highest BCUT2D eigenvalue weighted by molar-refractivity contribution is 5.97. The third kappa shape index (κ3) is 4.72. The number of nitrogens with one attached hydrogen (secondary N) is 1. The van der Waals surface area contributed by atoms with E-state index in [-0.39, 0.29) is 35.9 Å². The number of benzene rings is 1. The van der Waals surface area contributed by atoms with Gasteiger partial charge in [-0.15, -0.1) is 0 Å². The summed E-state index contributed by atoms with van der Waals surface area (Å²) in [4.78, 5) is 16.2. The molecule has 0 saturated heterocycles. The molecule has 0 aliphatic carbocycles. The molecule has 1 aromatic heterocycles. The summed E-state index contributed by atoms with van der Waals surface area (Å²) in [5.74, 6) is -0.916. The quantitative estimate of drug-likeness (QED) is 0.783. The maximum Gasteiger partial charge on any atom is 0.416 e. The second-order valence-corrected chi connectivity index (χ2v) is 4.96. The number of rotatable bonds is 6. The van der Waals surface area contributed by atoms with Crippen LogP contribution in [0.25, 0.3) is 0 Å². The molecule has 1 heterocycles. The number of aromatic hydroxyl groups is 1. The van der Waals surface area contributed by atoms with Crippen LogP contribution < -0.4 is 10.1 Å². The van der Waals surface area contributed by atoms with Crippen LogP contribution in [0.15, 0.2) is 49.2 Å². The topological polar surface area (TPSA) is 71.5 Å². The molecule has 2 aromatic rings. The highest BCUT2D eigenvalue weighted by Gasteiger charge is 2.32. The average Bonchev–Trinajstić information content (AvgIpc) is 2.58. The second-order valence-electron chi connectivity index (χ2n) is 4.96. The molecule has 0 saturated carbocycles. The molecule has 0 spiro atoms. The number of hydrogen-bond acceptors (Lipinski definition) is 4. The van der Waals surface area contributed by atoms with Crippen molar-refractivity contribution in [2.45, 2.75) is 12.7 Å². The fraction of sp³-hybridized carbons (Fsp3) is 0.176. The third-order valence-electron chi connectivity index (χ3n) is 3.19. The maximum absolute atomic E-state index is 12.9. The minimum Gasteiger partial charge on any atom is -0.506 e. The molecule has 1 aromatic carbocycles. The van der Waals surface area contributed by atoms with Gasteiger partial charge in [-0.05, 0) is 30.3 Å². The van der Waals surface area contributed by atoms with Crippen LogP contribution in [0.3, 0.4) is 0 Å². The number of nitrogens with zero attached hydrogens (tertiary/aromatic N) is 1. The molecule has 0 fully saturated rings. The molecule has 0 bridgehead atoms. The summed E-state index contributed by atoms with van der Waals surface area (Å²) in [5.41, 5.74) is -1.05. The zero-order valence-electron chi connectivity index (χ0n) is 13.0. The Morgan fingerprint density at radius 2 is 2.12 bits per heavy atom. The molecular formula is C17H15F3N2O3. The molecule has 25 heavy (non-hydrogen) atoms. The summed E-state index contributed by atoms with van der Waals surface area (Å²) in [6.45, 7) is 3.34. The Balaban J connectivity index is 2.25. The molecule has 8 heteroatoms. The van der Waals surface area contributed by atoms with Crippen molar-refractivity contribution in [1.29, 1.82) is 0 Å². The van der Waals surface area contributed by atoms with Crippen molar-refractivity contribution in [3.63, 3.8) is 0 Å². The van der Waals surface area contributed by atoms with Crippen LogP contribution in [0, 0.1) is 0 Å². The van der Waals surface area contributed by atoms with Gasteiger partial charge in [0.2, 0.25) is 0 Å². The van der Waals surface area contributed by atoms with Gasteiger partial charge in [0.25, 0.3) is 5.91 Å². The molecule has 1 amide bonds. The number of aromatic nitrogens is 1. The van der Waals surface area contributed by atoms with Gasteiger partial charge >= 0.3 is 6.18 Å². The van der Waals surface area contributed by atoms with Crippen LogP contribution in [-0.2, 0) is 12.7 Å². The zero-order chi connectivity index (χ0) is 18.4. The predicted molar refractivity (Wildman–Crippen MR) is 84.2 cm³/mol. The number of hydrogen-bond donors (Lipinski definition) is 2. The fourth-order valence-electron chi connectivity index (χ4n) is 1.98. The van der Waals surface area contributed by atoms with E-state index in [2.05, 4.69) is 16.9 Å². The first-order valence-corrected chi connectivity index (χ1v) is 7.19. The van der Waals surface area contributed by atoms with E-state index in [9.17, 15) is 23.1 Å². The molecule has 5 nitrogen and oxygen atoms in total. The van der Waals surface area contributed by atoms with Gasteiger partial charge in [0.1, 0.15) is 23.8 Å². The van der Waals surface area contributed by atoms with Crippen LogP contribution in [0.5, 0.6) is 11.5 Å². The zero-order valence-corrected chi connectivity index (χ0v) is 13.0. The number of carbonyl (C=O) groups excluding carboxylic acids is 1. The van der Waals surface area contributed by atoms with E-state index >= 15 is 0 Å². The van der Waals surface area contributed by atoms with Crippen molar-refractivity contribution in [3.8, 4) is 11.5 Å². The number of halogens is 3. The molecular weight excluding hydrogens is 337 g/mol. The highest BCUT2D eigenvalue weighted by Crippen LogP contribution is 2.32. The second kappa shape index (κ2) is 7.69. The van der Waals surface area contributed by atoms with E-state index in [0.717, 1.165) is 12.1 Å². The Morgan fingerprint density at radius 3 is 2.76 bits per heavy atom. The van der Waals surface area contributed by atoms with Crippen molar-refractivity contribution in [1.82, 2.24) is 10.3 Å². The van der Waals surface area contributed by atoms with Gasteiger partial charge in [-0.1, -0.05) is 12.7 Å². The van der Waals surface area contributed by atoms with Crippen molar-refractivity contribution in [2.24, 2.45) is 0 Å². The number of ether oxygens (including phenoxy) is 1.